The lowest BCUT2D eigenvalue weighted by Crippen LogP contribution is -2.28. The van der Waals surface area contributed by atoms with E-state index in [1.165, 1.54) is 38.5 Å². The second-order valence-electron chi connectivity index (χ2n) is 6.84. The van der Waals surface area contributed by atoms with Crippen molar-refractivity contribution >= 4 is 5.82 Å². The molecular weight excluding hydrogens is 262 g/mol. The maximum atomic E-state index is 9.42. The molecule has 2 fully saturated rings. The standard InChI is InChI=1S/C17H27N3O/c1-20(8-4-7-13-5-2-3-6-13)17-11-16(18-12-19-17)14-9-15(21)10-14/h11-15,21H,2-10H2,1H3. The molecule has 0 aromatic carbocycles. The van der Waals surface area contributed by atoms with Crippen LogP contribution in [0, 0.1) is 5.92 Å². The van der Waals surface area contributed by atoms with Gasteiger partial charge in [0.15, 0.2) is 0 Å². The first-order chi connectivity index (χ1) is 10.2. The average Bonchev–Trinajstić information content (AvgIpc) is 2.97. The van der Waals surface area contributed by atoms with Gasteiger partial charge in [0.25, 0.3) is 0 Å². The van der Waals surface area contributed by atoms with Crippen molar-refractivity contribution in [1.82, 2.24) is 9.97 Å². The fourth-order valence-electron chi connectivity index (χ4n) is 3.65. The SMILES string of the molecule is CN(CCCC1CCCC1)c1cc(C2CC(O)C2)ncn1. The molecular formula is C17H27N3O. The highest BCUT2D eigenvalue weighted by molar-refractivity contribution is 5.39. The highest BCUT2D eigenvalue weighted by atomic mass is 16.3. The van der Waals surface area contributed by atoms with E-state index in [0.717, 1.165) is 36.8 Å². The summed E-state index contributed by atoms with van der Waals surface area (Å²) in [5.41, 5.74) is 1.09. The number of rotatable bonds is 6. The van der Waals surface area contributed by atoms with E-state index in [-0.39, 0.29) is 6.10 Å². The molecule has 116 valence electrons. The van der Waals surface area contributed by atoms with Gasteiger partial charge in [0.05, 0.1) is 6.10 Å². The van der Waals surface area contributed by atoms with Gasteiger partial charge in [-0.05, 0) is 31.6 Å². The highest BCUT2D eigenvalue weighted by Crippen LogP contribution is 2.36. The minimum atomic E-state index is -0.127. The van der Waals surface area contributed by atoms with Crippen LogP contribution >= 0.6 is 0 Å². The topological polar surface area (TPSA) is 49.2 Å². The molecule has 1 aromatic heterocycles. The summed E-state index contributed by atoms with van der Waals surface area (Å²) in [7, 11) is 2.12. The lowest BCUT2D eigenvalue weighted by Gasteiger charge is -2.31. The van der Waals surface area contributed by atoms with Gasteiger partial charge in [-0.3, -0.25) is 0 Å². The second kappa shape index (κ2) is 6.73. The van der Waals surface area contributed by atoms with Crippen LogP contribution in [0.5, 0.6) is 0 Å². The van der Waals surface area contributed by atoms with E-state index >= 15 is 0 Å². The highest BCUT2D eigenvalue weighted by Gasteiger charge is 2.29. The minimum absolute atomic E-state index is 0.127. The van der Waals surface area contributed by atoms with Crippen molar-refractivity contribution in [1.29, 1.82) is 0 Å². The molecule has 0 saturated heterocycles. The zero-order valence-electron chi connectivity index (χ0n) is 13.0. The largest absolute Gasteiger partial charge is 0.393 e. The smallest absolute Gasteiger partial charge is 0.131 e. The van der Waals surface area contributed by atoms with Gasteiger partial charge in [-0.15, -0.1) is 0 Å². The Bertz CT molecular complexity index is 453. The van der Waals surface area contributed by atoms with Crippen molar-refractivity contribution < 1.29 is 5.11 Å². The van der Waals surface area contributed by atoms with Crippen molar-refractivity contribution in [2.75, 3.05) is 18.5 Å². The molecule has 2 aliphatic rings. The predicted octanol–water partition coefficient (Wildman–Crippen LogP) is 3.12. The van der Waals surface area contributed by atoms with Crippen LogP contribution in [-0.2, 0) is 0 Å². The summed E-state index contributed by atoms with van der Waals surface area (Å²) < 4.78 is 0. The first-order valence-corrected chi connectivity index (χ1v) is 8.43. The van der Waals surface area contributed by atoms with Crippen LogP contribution in [0.2, 0.25) is 0 Å². The minimum Gasteiger partial charge on any atom is -0.393 e. The number of hydrogen-bond acceptors (Lipinski definition) is 4. The molecule has 1 heterocycles. The Balaban J connectivity index is 1.49. The van der Waals surface area contributed by atoms with Crippen LogP contribution in [-0.4, -0.2) is 34.8 Å². The van der Waals surface area contributed by atoms with Crippen LogP contribution in [0.4, 0.5) is 5.82 Å². The number of aromatic nitrogens is 2. The number of anilines is 1. The molecule has 21 heavy (non-hydrogen) atoms. The van der Waals surface area contributed by atoms with Gasteiger partial charge in [-0.1, -0.05) is 25.7 Å². The lowest BCUT2D eigenvalue weighted by atomic mass is 9.80. The van der Waals surface area contributed by atoms with Crippen LogP contribution in [0.15, 0.2) is 12.4 Å². The Labute approximate surface area is 127 Å². The van der Waals surface area contributed by atoms with E-state index in [9.17, 15) is 5.11 Å². The van der Waals surface area contributed by atoms with Gasteiger partial charge in [-0.25, -0.2) is 9.97 Å². The van der Waals surface area contributed by atoms with E-state index in [4.69, 9.17) is 0 Å². The molecule has 0 aliphatic heterocycles. The van der Waals surface area contributed by atoms with Crippen LogP contribution in [0.3, 0.4) is 0 Å². The molecule has 3 rings (SSSR count). The van der Waals surface area contributed by atoms with Crippen molar-refractivity contribution in [3.05, 3.63) is 18.1 Å². The molecule has 0 bridgehead atoms. The quantitative estimate of drug-likeness (QED) is 0.874. The first-order valence-electron chi connectivity index (χ1n) is 8.43. The zero-order chi connectivity index (χ0) is 14.7. The molecule has 0 atom stereocenters. The molecule has 0 amide bonds. The number of hydrogen-bond donors (Lipinski definition) is 1. The molecule has 2 aliphatic carbocycles. The average molecular weight is 289 g/mol. The third-order valence-electron chi connectivity index (χ3n) is 5.18. The van der Waals surface area contributed by atoms with Crippen LogP contribution in [0.25, 0.3) is 0 Å². The van der Waals surface area contributed by atoms with Gasteiger partial charge in [0, 0.05) is 31.3 Å². The third-order valence-corrected chi connectivity index (χ3v) is 5.18. The summed E-state index contributed by atoms with van der Waals surface area (Å²) in [5.74, 6) is 2.41. The Morgan fingerprint density at radius 3 is 2.71 bits per heavy atom. The summed E-state index contributed by atoms with van der Waals surface area (Å²) in [5, 5.41) is 9.42. The van der Waals surface area contributed by atoms with Crippen molar-refractivity contribution in [3.8, 4) is 0 Å². The van der Waals surface area contributed by atoms with Gasteiger partial charge >= 0.3 is 0 Å². The monoisotopic (exact) mass is 289 g/mol. The van der Waals surface area contributed by atoms with Gasteiger partial charge in [0.2, 0.25) is 0 Å². The normalized spacial score (nSPS) is 25.8. The molecule has 1 aromatic rings. The molecule has 4 heteroatoms. The van der Waals surface area contributed by atoms with Crippen LogP contribution in [0.1, 0.15) is 63.0 Å². The van der Waals surface area contributed by atoms with Gasteiger partial charge < -0.3 is 10.0 Å². The molecule has 4 nitrogen and oxygen atoms in total. The van der Waals surface area contributed by atoms with E-state index < -0.39 is 0 Å². The van der Waals surface area contributed by atoms with Crippen molar-refractivity contribution in [2.45, 2.75) is 63.4 Å². The fourth-order valence-corrected chi connectivity index (χ4v) is 3.65. The van der Waals surface area contributed by atoms with Crippen molar-refractivity contribution in [3.63, 3.8) is 0 Å². The van der Waals surface area contributed by atoms with E-state index in [0.29, 0.717) is 5.92 Å². The van der Waals surface area contributed by atoms with E-state index in [1.807, 2.05) is 0 Å². The summed E-state index contributed by atoms with van der Waals surface area (Å²) in [4.78, 5) is 11.0. The lowest BCUT2D eigenvalue weighted by molar-refractivity contribution is 0.0732. The number of aliphatic hydroxyl groups is 1. The molecule has 0 spiro atoms. The predicted molar refractivity (Wildman–Crippen MR) is 84.5 cm³/mol. The summed E-state index contributed by atoms with van der Waals surface area (Å²) >= 11 is 0. The third kappa shape index (κ3) is 3.73. The maximum Gasteiger partial charge on any atom is 0.131 e. The number of aliphatic hydroxyl groups excluding tert-OH is 1. The van der Waals surface area contributed by atoms with Crippen molar-refractivity contribution in [2.24, 2.45) is 5.92 Å². The van der Waals surface area contributed by atoms with Gasteiger partial charge in [-0.2, -0.15) is 0 Å². The fraction of sp³-hybridized carbons (Fsp3) is 0.765. The van der Waals surface area contributed by atoms with E-state index in [2.05, 4.69) is 28.0 Å². The number of nitrogens with zero attached hydrogens (tertiary/aromatic N) is 3. The molecule has 2 saturated carbocycles. The second-order valence-corrected chi connectivity index (χ2v) is 6.84. The van der Waals surface area contributed by atoms with E-state index in [1.54, 1.807) is 6.33 Å². The maximum absolute atomic E-state index is 9.42. The Morgan fingerprint density at radius 1 is 1.24 bits per heavy atom. The molecule has 0 radical (unpaired) electrons. The van der Waals surface area contributed by atoms with Gasteiger partial charge in [0.1, 0.15) is 12.1 Å². The Hall–Kier alpha value is -1.16. The Morgan fingerprint density at radius 2 is 2.00 bits per heavy atom. The summed E-state index contributed by atoms with van der Waals surface area (Å²) in [6.45, 7) is 1.07. The summed E-state index contributed by atoms with van der Waals surface area (Å²) in [6.07, 6.45) is 11.6. The first kappa shape index (κ1) is 14.8. The molecule has 0 unspecified atom stereocenters. The summed E-state index contributed by atoms with van der Waals surface area (Å²) in [6, 6.07) is 2.10. The Kier molecular flexibility index (Phi) is 4.73. The zero-order valence-corrected chi connectivity index (χ0v) is 13.0. The molecule has 1 N–H and O–H groups in total. The van der Waals surface area contributed by atoms with Crippen LogP contribution < -0.4 is 4.90 Å².